The second kappa shape index (κ2) is 16.2. The second-order valence-electron chi connectivity index (χ2n) is 9.69. The summed E-state index contributed by atoms with van der Waals surface area (Å²) in [5, 5.41) is 37.2. The molecule has 0 unspecified atom stereocenters. The average molecular weight is 595 g/mol. The van der Waals surface area contributed by atoms with Crippen LogP contribution in [0, 0.1) is 5.92 Å². The maximum Gasteiger partial charge on any atom is 0.405 e. The Morgan fingerprint density at radius 2 is 1.70 bits per heavy atom. The lowest BCUT2D eigenvalue weighted by molar-refractivity contribution is -0.124. The smallest absolute Gasteiger partial charge is 0.405 e. The van der Waals surface area contributed by atoms with Crippen LogP contribution in [0.3, 0.4) is 0 Å². The zero-order valence-electron chi connectivity index (χ0n) is 22.8. The number of carboxylic acid groups (broad SMARTS) is 1. The van der Waals surface area contributed by atoms with Crippen molar-refractivity contribution >= 4 is 40.0 Å². The zero-order valence-corrected chi connectivity index (χ0v) is 24.4. The lowest BCUT2D eigenvalue weighted by Gasteiger charge is -2.31. The van der Waals surface area contributed by atoms with E-state index < -0.39 is 40.2 Å². The van der Waals surface area contributed by atoms with Gasteiger partial charge in [0.2, 0.25) is 15.9 Å². The van der Waals surface area contributed by atoms with Gasteiger partial charge in [-0.1, -0.05) is 61.5 Å². The summed E-state index contributed by atoms with van der Waals surface area (Å²) in [6.45, 7) is 3.52. The lowest BCUT2D eigenvalue weighted by Crippen LogP contribution is -2.55. The predicted octanol–water partition coefficient (Wildman–Crippen LogP) is 2.62. The summed E-state index contributed by atoms with van der Waals surface area (Å²) in [5.74, 6) is -0.135. The highest BCUT2D eigenvalue weighted by Gasteiger charge is 2.32. The number of rotatable bonds is 16. The van der Waals surface area contributed by atoms with Gasteiger partial charge < -0.3 is 26.1 Å². The Bertz CT molecular complexity index is 1210. The summed E-state index contributed by atoms with van der Waals surface area (Å²) in [6.07, 6.45) is 0.805. The number of aliphatic hydroxyl groups excluding tert-OH is 1. The maximum atomic E-state index is 13.6. The molecule has 0 heterocycles. The number of benzene rings is 2. The molecule has 0 aliphatic heterocycles. The van der Waals surface area contributed by atoms with Crippen LogP contribution < -0.4 is 10.6 Å². The van der Waals surface area contributed by atoms with Crippen LogP contribution in [-0.4, -0.2) is 89.6 Å². The van der Waals surface area contributed by atoms with Crippen molar-refractivity contribution in [1.82, 2.24) is 14.9 Å². The van der Waals surface area contributed by atoms with E-state index in [1.54, 1.807) is 0 Å². The van der Waals surface area contributed by atoms with E-state index in [-0.39, 0.29) is 36.7 Å². The summed E-state index contributed by atoms with van der Waals surface area (Å²) >= 11 is 1.47. The number of amides is 2. The van der Waals surface area contributed by atoms with Gasteiger partial charge in [0.05, 0.1) is 23.3 Å². The molecular weight excluding hydrogens is 556 g/mol. The van der Waals surface area contributed by atoms with Gasteiger partial charge in [0.15, 0.2) is 0 Å². The first kappa shape index (κ1) is 33.1. The SMILES string of the molecule is CSCC[C@H](NC(=O)O)C(=O)N[C@@H](Cc1ccccc1)[C@H](O)CN(CC(C)C)S(=O)(=O)c1ccc(/C=N/O)cc1. The van der Waals surface area contributed by atoms with E-state index in [2.05, 4.69) is 15.8 Å². The first-order valence-electron chi connectivity index (χ1n) is 12.8. The first-order chi connectivity index (χ1) is 19.0. The van der Waals surface area contributed by atoms with Crippen LogP contribution in [0.15, 0.2) is 64.6 Å². The van der Waals surface area contributed by atoms with Gasteiger partial charge in [-0.05, 0) is 54.0 Å². The number of nitrogens with one attached hydrogen (secondary N) is 2. The molecule has 2 amide bonds. The molecule has 0 aliphatic carbocycles. The number of carbonyl (C=O) groups excluding carboxylic acids is 1. The van der Waals surface area contributed by atoms with E-state index >= 15 is 0 Å². The molecule has 11 nitrogen and oxygen atoms in total. The number of nitrogens with zero attached hydrogens (tertiary/aromatic N) is 2. The van der Waals surface area contributed by atoms with E-state index in [1.807, 2.05) is 50.4 Å². The molecule has 0 bridgehead atoms. The van der Waals surface area contributed by atoms with E-state index in [1.165, 1.54) is 46.5 Å². The van der Waals surface area contributed by atoms with Gasteiger partial charge in [0.25, 0.3) is 0 Å². The minimum Gasteiger partial charge on any atom is -0.465 e. The van der Waals surface area contributed by atoms with Crippen LogP contribution in [0.1, 0.15) is 31.4 Å². The van der Waals surface area contributed by atoms with Crippen LogP contribution in [0.2, 0.25) is 0 Å². The van der Waals surface area contributed by atoms with Gasteiger partial charge in [0.1, 0.15) is 6.04 Å². The molecule has 220 valence electrons. The predicted molar refractivity (Wildman–Crippen MR) is 155 cm³/mol. The number of sulfonamides is 1. The summed E-state index contributed by atoms with van der Waals surface area (Å²) in [6, 6.07) is 13.0. The third-order valence-electron chi connectivity index (χ3n) is 6.00. The fraction of sp³-hybridized carbons (Fsp3) is 0.444. The Morgan fingerprint density at radius 3 is 2.25 bits per heavy atom. The molecule has 3 atom stereocenters. The standard InChI is InChI=1S/C27H38N4O7S2/c1-19(2)17-31(40(37,38)22-11-9-21(10-12-22)16-28-36)18-25(32)24(15-20-7-5-4-6-8-20)29-26(33)23(13-14-39-3)30-27(34)35/h4-12,16,19,23-25,30,32,36H,13-15,17-18H2,1-3H3,(H,29,33)(H,34,35)/b28-16+/t23-,24-,25+/m0/s1. The van der Waals surface area contributed by atoms with Crippen molar-refractivity contribution in [2.45, 2.75) is 49.8 Å². The monoisotopic (exact) mass is 594 g/mol. The van der Waals surface area contributed by atoms with Gasteiger partial charge >= 0.3 is 6.09 Å². The highest BCUT2D eigenvalue weighted by molar-refractivity contribution is 7.98. The Morgan fingerprint density at radius 1 is 1.05 bits per heavy atom. The number of carbonyl (C=O) groups is 2. The van der Waals surface area contributed by atoms with E-state index in [4.69, 9.17) is 5.21 Å². The molecule has 0 aromatic heterocycles. The second-order valence-corrected chi connectivity index (χ2v) is 12.6. The quantitative estimate of drug-likeness (QED) is 0.112. The first-order valence-corrected chi connectivity index (χ1v) is 15.6. The number of hydrogen-bond acceptors (Lipinski definition) is 8. The average Bonchev–Trinajstić information content (AvgIpc) is 2.90. The third kappa shape index (κ3) is 10.5. The van der Waals surface area contributed by atoms with Crippen molar-refractivity contribution in [1.29, 1.82) is 0 Å². The van der Waals surface area contributed by atoms with Gasteiger partial charge in [-0.15, -0.1) is 0 Å². The van der Waals surface area contributed by atoms with Gasteiger partial charge in [0, 0.05) is 13.1 Å². The topological polar surface area (TPSA) is 169 Å². The van der Waals surface area contributed by atoms with Crippen LogP contribution in [0.5, 0.6) is 0 Å². The molecule has 2 rings (SSSR count). The Balaban J connectivity index is 2.36. The minimum absolute atomic E-state index is 0.00173. The minimum atomic E-state index is -4.04. The molecule has 2 aromatic rings. The third-order valence-corrected chi connectivity index (χ3v) is 8.49. The van der Waals surface area contributed by atoms with Crippen LogP contribution >= 0.6 is 11.8 Å². The fourth-order valence-corrected chi connectivity index (χ4v) is 6.14. The molecule has 0 aliphatic rings. The summed E-state index contributed by atoms with van der Waals surface area (Å²) in [7, 11) is -4.04. The molecule has 5 N–H and O–H groups in total. The molecule has 0 spiro atoms. The molecule has 0 saturated heterocycles. The molecule has 40 heavy (non-hydrogen) atoms. The number of thioether (sulfide) groups is 1. The van der Waals surface area contributed by atoms with E-state index in [0.29, 0.717) is 11.3 Å². The number of aliphatic hydroxyl groups is 1. The highest BCUT2D eigenvalue weighted by atomic mass is 32.2. The van der Waals surface area contributed by atoms with Crippen molar-refractivity contribution < 1.29 is 33.4 Å². The number of oxime groups is 1. The zero-order chi connectivity index (χ0) is 29.7. The maximum absolute atomic E-state index is 13.6. The van der Waals surface area contributed by atoms with Crippen LogP contribution in [-0.2, 0) is 21.2 Å². The Labute approximate surface area is 239 Å². The van der Waals surface area contributed by atoms with Crippen molar-refractivity contribution in [3.63, 3.8) is 0 Å². The summed E-state index contributed by atoms with van der Waals surface area (Å²) in [4.78, 5) is 24.4. The van der Waals surface area contributed by atoms with Crippen molar-refractivity contribution in [2.24, 2.45) is 11.1 Å². The molecule has 2 aromatic carbocycles. The van der Waals surface area contributed by atoms with Crippen molar-refractivity contribution in [3.8, 4) is 0 Å². The van der Waals surface area contributed by atoms with Crippen molar-refractivity contribution in [2.75, 3.05) is 25.1 Å². The van der Waals surface area contributed by atoms with Crippen LogP contribution in [0.25, 0.3) is 0 Å². The summed E-state index contributed by atoms with van der Waals surface area (Å²) < 4.78 is 28.4. The Hall–Kier alpha value is -3.13. The van der Waals surface area contributed by atoms with Crippen molar-refractivity contribution in [3.05, 3.63) is 65.7 Å². The van der Waals surface area contributed by atoms with Gasteiger partial charge in [-0.25, -0.2) is 13.2 Å². The van der Waals surface area contributed by atoms with E-state index in [9.17, 15) is 28.2 Å². The molecule has 0 saturated carbocycles. The van der Waals surface area contributed by atoms with Gasteiger partial charge in [-0.2, -0.15) is 16.1 Å². The highest BCUT2D eigenvalue weighted by Crippen LogP contribution is 2.20. The molecular formula is C27H38N4O7S2. The Kier molecular flexibility index (Phi) is 13.4. The van der Waals surface area contributed by atoms with Crippen LogP contribution in [0.4, 0.5) is 4.79 Å². The normalized spacial score (nSPS) is 14.2. The summed E-state index contributed by atoms with van der Waals surface area (Å²) in [5.41, 5.74) is 1.31. The molecule has 0 fully saturated rings. The molecule has 13 heteroatoms. The fourth-order valence-electron chi connectivity index (χ4n) is 4.04. The largest absolute Gasteiger partial charge is 0.465 e. The number of hydrogen-bond donors (Lipinski definition) is 5. The van der Waals surface area contributed by atoms with E-state index in [0.717, 1.165) is 5.56 Å². The van der Waals surface area contributed by atoms with Gasteiger partial charge in [-0.3, -0.25) is 4.79 Å². The lowest BCUT2D eigenvalue weighted by atomic mass is 10.00. The molecule has 0 radical (unpaired) electrons.